The monoisotopic (exact) mass is 349 g/mol. The molecule has 1 fully saturated rings. The third-order valence-electron chi connectivity index (χ3n) is 5.64. The van der Waals surface area contributed by atoms with Gasteiger partial charge in [-0.2, -0.15) is 0 Å². The number of carbonyl (C=O) groups excluding carboxylic acids is 1. The lowest BCUT2D eigenvalue weighted by molar-refractivity contribution is 0.0730. The van der Waals surface area contributed by atoms with Gasteiger partial charge in [-0.15, -0.1) is 0 Å². The van der Waals surface area contributed by atoms with E-state index >= 15 is 0 Å². The number of aromatic amines is 1. The first-order valence-electron chi connectivity index (χ1n) is 9.27. The summed E-state index contributed by atoms with van der Waals surface area (Å²) in [5.74, 6) is 0.525. The quantitative estimate of drug-likeness (QED) is 0.755. The molecule has 0 radical (unpaired) electrons. The van der Waals surface area contributed by atoms with Crippen molar-refractivity contribution in [2.24, 2.45) is 0 Å². The van der Waals surface area contributed by atoms with E-state index in [-0.39, 0.29) is 17.8 Å². The van der Waals surface area contributed by atoms with Gasteiger partial charge in [0.05, 0.1) is 17.1 Å². The highest BCUT2D eigenvalue weighted by Crippen LogP contribution is 2.33. The number of aromatic nitrogens is 2. The summed E-state index contributed by atoms with van der Waals surface area (Å²) in [6.45, 7) is 0.728. The number of H-pyrrole nitrogens is 1. The molecule has 1 aromatic heterocycles. The molecule has 2 aromatic carbocycles. The van der Waals surface area contributed by atoms with Gasteiger partial charge < -0.3 is 9.88 Å². The minimum absolute atomic E-state index is 0.0637. The van der Waals surface area contributed by atoms with Crippen molar-refractivity contribution >= 4 is 16.9 Å². The molecule has 1 aliphatic carbocycles. The largest absolute Gasteiger partial charge is 0.340 e. The van der Waals surface area contributed by atoms with E-state index in [1.54, 1.807) is 6.07 Å². The summed E-state index contributed by atoms with van der Waals surface area (Å²) in [5, 5.41) is 0. The van der Waals surface area contributed by atoms with Crippen LogP contribution in [0.2, 0.25) is 0 Å². The molecular weight excluding hydrogens is 329 g/mol. The van der Waals surface area contributed by atoms with Gasteiger partial charge in [0.2, 0.25) is 0 Å². The Morgan fingerprint density at radius 2 is 2.00 bits per heavy atom. The minimum Gasteiger partial charge on any atom is -0.340 e. The third kappa shape index (κ3) is 2.50. The van der Waals surface area contributed by atoms with Gasteiger partial charge in [0.15, 0.2) is 0 Å². The smallest absolute Gasteiger partial charge is 0.254 e. The number of halogens is 1. The molecule has 1 amide bonds. The van der Waals surface area contributed by atoms with Crippen LogP contribution in [-0.2, 0) is 12.8 Å². The molecular formula is C21H20FN3O. The molecule has 0 saturated carbocycles. The van der Waals surface area contributed by atoms with Crippen molar-refractivity contribution in [1.29, 1.82) is 0 Å². The molecule has 4 nitrogen and oxygen atoms in total. The van der Waals surface area contributed by atoms with Gasteiger partial charge in [-0.1, -0.05) is 6.07 Å². The number of likely N-dealkylation sites (tertiary alicyclic amines) is 1. The van der Waals surface area contributed by atoms with Crippen LogP contribution < -0.4 is 0 Å². The number of nitrogens with one attached hydrogen (secondary N) is 1. The summed E-state index contributed by atoms with van der Waals surface area (Å²) >= 11 is 0. The van der Waals surface area contributed by atoms with E-state index in [1.165, 1.54) is 29.7 Å². The Morgan fingerprint density at radius 1 is 1.12 bits per heavy atom. The lowest BCUT2D eigenvalue weighted by Crippen LogP contribution is -2.31. The molecule has 1 atom stereocenters. The maximum absolute atomic E-state index is 13.4. The second-order valence-corrected chi connectivity index (χ2v) is 7.28. The molecule has 1 aliphatic heterocycles. The van der Waals surface area contributed by atoms with Crippen LogP contribution in [0.15, 0.2) is 36.4 Å². The van der Waals surface area contributed by atoms with Crippen molar-refractivity contribution in [2.45, 2.75) is 38.1 Å². The van der Waals surface area contributed by atoms with Crippen molar-refractivity contribution in [1.82, 2.24) is 14.9 Å². The van der Waals surface area contributed by atoms with Gasteiger partial charge in [0, 0.05) is 12.1 Å². The maximum atomic E-state index is 13.4. The van der Waals surface area contributed by atoms with Crippen molar-refractivity contribution in [3.63, 3.8) is 0 Å². The fourth-order valence-corrected chi connectivity index (χ4v) is 4.32. The first kappa shape index (κ1) is 15.6. The SMILES string of the molecule is O=C(c1ccc2c(c1)CCC2)N1CCC[C@H]1c1nc2ccc(F)cc2[nH]1. The Morgan fingerprint density at radius 3 is 2.92 bits per heavy atom. The second-order valence-electron chi connectivity index (χ2n) is 7.28. The topological polar surface area (TPSA) is 49.0 Å². The molecule has 0 bridgehead atoms. The predicted octanol–water partition coefficient (Wildman–Crippen LogP) is 4.17. The summed E-state index contributed by atoms with van der Waals surface area (Å²) in [6.07, 6.45) is 5.18. The zero-order valence-electron chi connectivity index (χ0n) is 14.5. The van der Waals surface area contributed by atoms with Crippen LogP contribution in [-0.4, -0.2) is 27.3 Å². The summed E-state index contributed by atoms with van der Waals surface area (Å²) < 4.78 is 13.4. The fourth-order valence-electron chi connectivity index (χ4n) is 4.32. The number of hydrogen-bond acceptors (Lipinski definition) is 2. The molecule has 0 unspecified atom stereocenters. The van der Waals surface area contributed by atoms with Crippen LogP contribution in [0.4, 0.5) is 4.39 Å². The van der Waals surface area contributed by atoms with Crippen molar-refractivity contribution < 1.29 is 9.18 Å². The highest BCUT2D eigenvalue weighted by Gasteiger charge is 2.33. The highest BCUT2D eigenvalue weighted by atomic mass is 19.1. The standard InChI is InChI=1S/C21H20FN3O/c22-16-8-9-17-18(12-16)24-20(23-17)19-5-2-10-25(19)21(26)15-7-6-13-3-1-4-14(13)11-15/h6-9,11-12,19H,1-5,10H2,(H,23,24)/t19-/m0/s1. The van der Waals surface area contributed by atoms with Crippen molar-refractivity contribution in [3.05, 3.63) is 64.7 Å². The summed E-state index contributed by atoms with van der Waals surface area (Å²) in [4.78, 5) is 22.8. The summed E-state index contributed by atoms with van der Waals surface area (Å²) in [7, 11) is 0. The average molecular weight is 349 g/mol. The molecule has 5 rings (SSSR count). The van der Waals surface area contributed by atoms with Gasteiger partial charge in [-0.25, -0.2) is 9.37 Å². The second kappa shape index (κ2) is 5.94. The van der Waals surface area contributed by atoms with Crippen LogP contribution in [0.1, 0.15) is 52.6 Å². The Balaban J connectivity index is 1.46. The van der Waals surface area contributed by atoms with E-state index in [4.69, 9.17) is 0 Å². The zero-order chi connectivity index (χ0) is 17.7. The Labute approximate surface area is 151 Å². The molecule has 0 spiro atoms. The first-order valence-corrected chi connectivity index (χ1v) is 9.27. The number of fused-ring (bicyclic) bond motifs is 2. The predicted molar refractivity (Wildman–Crippen MR) is 97.5 cm³/mol. The van der Waals surface area contributed by atoms with E-state index in [9.17, 15) is 9.18 Å². The van der Waals surface area contributed by atoms with Crippen LogP contribution in [0.25, 0.3) is 11.0 Å². The van der Waals surface area contributed by atoms with Crippen LogP contribution in [0, 0.1) is 5.82 Å². The molecule has 2 aliphatic rings. The molecule has 1 N–H and O–H groups in total. The van der Waals surface area contributed by atoms with Gasteiger partial charge in [-0.3, -0.25) is 4.79 Å². The van der Waals surface area contributed by atoms with E-state index in [1.807, 2.05) is 11.0 Å². The molecule has 1 saturated heterocycles. The number of benzene rings is 2. The van der Waals surface area contributed by atoms with Gasteiger partial charge in [0.25, 0.3) is 5.91 Å². The lowest BCUT2D eigenvalue weighted by Gasteiger charge is -2.23. The third-order valence-corrected chi connectivity index (χ3v) is 5.64. The summed E-state index contributed by atoms with van der Waals surface area (Å²) in [6, 6.07) is 10.6. The average Bonchev–Trinajstić information content (AvgIpc) is 3.37. The Kier molecular flexibility index (Phi) is 3.55. The lowest BCUT2D eigenvalue weighted by atomic mass is 10.1. The van der Waals surface area contributed by atoms with Crippen LogP contribution in [0.5, 0.6) is 0 Å². The first-order chi connectivity index (χ1) is 12.7. The number of aryl methyl sites for hydroxylation is 2. The van der Waals surface area contributed by atoms with Gasteiger partial charge in [-0.05, 0) is 73.6 Å². The highest BCUT2D eigenvalue weighted by molar-refractivity contribution is 5.95. The molecule has 5 heteroatoms. The molecule has 132 valence electrons. The van der Waals surface area contributed by atoms with Gasteiger partial charge in [0.1, 0.15) is 11.6 Å². The number of hydrogen-bond donors (Lipinski definition) is 1. The Bertz CT molecular complexity index is 1010. The number of carbonyl (C=O) groups is 1. The maximum Gasteiger partial charge on any atom is 0.254 e. The normalized spacial score (nSPS) is 19.3. The molecule has 26 heavy (non-hydrogen) atoms. The molecule has 2 heterocycles. The zero-order valence-corrected chi connectivity index (χ0v) is 14.5. The molecule has 3 aromatic rings. The Hall–Kier alpha value is -2.69. The van der Waals surface area contributed by atoms with E-state index in [2.05, 4.69) is 22.1 Å². The number of amides is 1. The number of imidazole rings is 1. The van der Waals surface area contributed by atoms with E-state index in [0.717, 1.165) is 49.1 Å². The van der Waals surface area contributed by atoms with Gasteiger partial charge >= 0.3 is 0 Å². The van der Waals surface area contributed by atoms with Crippen LogP contribution in [0.3, 0.4) is 0 Å². The van der Waals surface area contributed by atoms with Crippen molar-refractivity contribution in [3.8, 4) is 0 Å². The van der Waals surface area contributed by atoms with Crippen molar-refractivity contribution in [2.75, 3.05) is 6.54 Å². The van der Waals surface area contributed by atoms with Crippen LogP contribution >= 0.6 is 0 Å². The minimum atomic E-state index is -0.287. The number of nitrogens with zero attached hydrogens (tertiary/aromatic N) is 2. The van der Waals surface area contributed by atoms with E-state index in [0.29, 0.717) is 5.52 Å². The number of rotatable bonds is 2. The van der Waals surface area contributed by atoms with E-state index < -0.39 is 0 Å². The fraction of sp³-hybridized carbons (Fsp3) is 0.333. The summed E-state index contributed by atoms with van der Waals surface area (Å²) in [5.41, 5.74) is 4.86.